The van der Waals surface area contributed by atoms with Crippen LogP contribution in [0.2, 0.25) is 0 Å². The third kappa shape index (κ3) is 6.13. The molecule has 7 nitrogen and oxygen atoms in total. The first-order valence-corrected chi connectivity index (χ1v) is 11.7. The van der Waals surface area contributed by atoms with Crippen LogP contribution >= 0.6 is 18.0 Å². The summed E-state index contributed by atoms with van der Waals surface area (Å²) in [5.74, 6) is 0.314. The van der Waals surface area contributed by atoms with Crippen LogP contribution in [0.3, 0.4) is 0 Å². The predicted octanol–water partition coefficient (Wildman–Crippen LogP) is 4.70. The number of nitro groups is 1. The Labute approximate surface area is 152 Å². The molecule has 0 spiro atoms. The maximum absolute atomic E-state index is 13.5. The van der Waals surface area contributed by atoms with Crippen LogP contribution in [0.25, 0.3) is 0 Å². The maximum atomic E-state index is 13.5. The average Bonchev–Trinajstić information content (AvgIpc) is 2.62. The highest BCUT2D eigenvalue weighted by Gasteiger charge is 2.34. The van der Waals surface area contributed by atoms with Gasteiger partial charge in [-0.1, -0.05) is 32.2 Å². The lowest BCUT2D eigenvalue weighted by molar-refractivity contribution is -0.384. The smallest absolute Gasteiger partial charge is 0.270 e. The van der Waals surface area contributed by atoms with Crippen molar-refractivity contribution in [2.45, 2.75) is 40.0 Å². The minimum atomic E-state index is -3.11. The lowest BCUT2D eigenvalue weighted by Gasteiger charge is -2.31. The van der Waals surface area contributed by atoms with E-state index < -0.39 is 11.6 Å². The number of nitro benzene ring substituents is 1. The van der Waals surface area contributed by atoms with Crippen molar-refractivity contribution in [3.8, 4) is 0 Å². The topological polar surface area (TPSA) is 92.6 Å². The summed E-state index contributed by atoms with van der Waals surface area (Å²) in [7, 11) is 0. The lowest BCUT2D eigenvalue weighted by atomic mass is 10.2. The highest BCUT2D eigenvalue weighted by atomic mass is 32.7. The van der Waals surface area contributed by atoms with Crippen molar-refractivity contribution < 1.29 is 14.3 Å². The molecule has 0 heterocycles. The van der Waals surface area contributed by atoms with Gasteiger partial charge in [-0.05, 0) is 31.4 Å². The number of nitrogens with zero attached hydrogens (tertiary/aromatic N) is 2. The van der Waals surface area contributed by atoms with E-state index in [1.165, 1.54) is 40.3 Å². The number of non-ortho nitro benzene ring substituents is 1. The van der Waals surface area contributed by atoms with E-state index in [2.05, 4.69) is 5.09 Å². The van der Waals surface area contributed by atoms with Gasteiger partial charge in [-0.25, -0.2) is 5.09 Å². The summed E-state index contributed by atoms with van der Waals surface area (Å²) in [5.41, 5.74) is 0.223. The van der Waals surface area contributed by atoms with E-state index in [0.29, 0.717) is 30.8 Å². The quantitative estimate of drug-likeness (QED) is 0.336. The van der Waals surface area contributed by atoms with Crippen LogP contribution in [-0.4, -0.2) is 34.3 Å². The van der Waals surface area contributed by atoms with Gasteiger partial charge in [0, 0.05) is 36.5 Å². The molecule has 1 unspecified atom stereocenters. The molecule has 140 valence electrons. The zero-order valence-electron chi connectivity index (χ0n) is 14.9. The molecule has 0 fully saturated rings. The zero-order valence-corrected chi connectivity index (χ0v) is 16.6. The molecule has 1 atom stereocenters. The summed E-state index contributed by atoms with van der Waals surface area (Å²) in [6.07, 6.45) is 2.33. The fourth-order valence-corrected chi connectivity index (χ4v) is 6.99. The Bertz CT molecular complexity index is 612. The molecule has 1 rings (SSSR count). The number of carbonyl (C=O) groups is 1. The van der Waals surface area contributed by atoms with Gasteiger partial charge < -0.3 is 0 Å². The Morgan fingerprint density at radius 2 is 1.84 bits per heavy atom. The van der Waals surface area contributed by atoms with Gasteiger partial charge >= 0.3 is 0 Å². The van der Waals surface area contributed by atoms with Gasteiger partial charge in [-0.15, -0.1) is 0 Å². The standard InChI is InChI=1S/C16H26N3O4PS/c1-4-11-17-24(23,25-13-6-3)18(12-5-2)16(20)14-7-9-15(10-8-14)19(21)22/h7-10H,4-6,11-13H2,1-3H3,(H,17,23). The number of amides is 1. The van der Waals surface area contributed by atoms with Gasteiger partial charge in [0.2, 0.25) is 0 Å². The van der Waals surface area contributed by atoms with Gasteiger partial charge in [0.25, 0.3) is 18.2 Å². The molecule has 0 aromatic heterocycles. The van der Waals surface area contributed by atoms with E-state index in [9.17, 15) is 19.5 Å². The summed E-state index contributed by atoms with van der Waals surface area (Å²) in [6.45, 7) is 3.70. The van der Waals surface area contributed by atoms with E-state index in [-0.39, 0.29) is 11.6 Å². The van der Waals surface area contributed by atoms with Crippen LogP contribution in [0.5, 0.6) is 0 Å². The van der Waals surface area contributed by atoms with E-state index in [4.69, 9.17) is 0 Å². The second-order valence-corrected chi connectivity index (χ2v) is 10.3. The number of hydrogen-bond donors (Lipinski definition) is 1. The van der Waals surface area contributed by atoms with Gasteiger partial charge in [-0.2, -0.15) is 0 Å². The largest absolute Gasteiger partial charge is 0.295 e. The van der Waals surface area contributed by atoms with Gasteiger partial charge in [0.05, 0.1) is 4.92 Å². The van der Waals surface area contributed by atoms with Crippen molar-refractivity contribution in [2.75, 3.05) is 18.8 Å². The highest BCUT2D eigenvalue weighted by Crippen LogP contribution is 2.58. The molecule has 0 bridgehead atoms. The minimum Gasteiger partial charge on any atom is -0.270 e. The number of hydrogen-bond acceptors (Lipinski definition) is 5. The molecule has 9 heteroatoms. The maximum Gasteiger partial charge on any atom is 0.295 e. The number of rotatable bonds is 11. The van der Waals surface area contributed by atoms with Crippen LogP contribution in [0.15, 0.2) is 24.3 Å². The Morgan fingerprint density at radius 1 is 1.20 bits per heavy atom. The van der Waals surface area contributed by atoms with E-state index in [1.807, 2.05) is 20.8 Å². The summed E-state index contributed by atoms with van der Waals surface area (Å²) in [5, 5.41) is 13.8. The van der Waals surface area contributed by atoms with Gasteiger partial charge in [0.15, 0.2) is 0 Å². The molecule has 0 saturated heterocycles. The molecule has 0 saturated carbocycles. The van der Waals surface area contributed by atoms with Crippen molar-refractivity contribution >= 4 is 29.6 Å². The summed E-state index contributed by atoms with van der Waals surface area (Å²) >= 11 is 1.28. The predicted molar refractivity (Wildman–Crippen MR) is 103 cm³/mol. The molecular formula is C16H26N3O4PS. The fourth-order valence-electron chi connectivity index (χ4n) is 2.11. The summed E-state index contributed by atoms with van der Waals surface area (Å²) in [4.78, 5) is 23.2. The summed E-state index contributed by atoms with van der Waals surface area (Å²) in [6, 6.07) is 5.41. The third-order valence-electron chi connectivity index (χ3n) is 3.34. The first kappa shape index (κ1) is 21.7. The summed E-state index contributed by atoms with van der Waals surface area (Å²) < 4.78 is 14.9. The molecule has 1 aromatic carbocycles. The number of benzene rings is 1. The SMILES string of the molecule is CCCNP(=O)(SCCC)N(CCC)C(=O)c1ccc([N+](=O)[O-])cc1. The van der Waals surface area contributed by atoms with Crippen LogP contribution in [0.4, 0.5) is 5.69 Å². The van der Waals surface area contributed by atoms with E-state index in [1.54, 1.807) is 0 Å². The van der Waals surface area contributed by atoms with Crippen LogP contribution in [0.1, 0.15) is 50.4 Å². The highest BCUT2D eigenvalue weighted by molar-refractivity contribution is 8.56. The average molecular weight is 387 g/mol. The van der Waals surface area contributed by atoms with Crippen LogP contribution < -0.4 is 5.09 Å². The first-order chi connectivity index (χ1) is 11.9. The monoisotopic (exact) mass is 387 g/mol. The molecule has 0 aliphatic heterocycles. The molecule has 25 heavy (non-hydrogen) atoms. The van der Waals surface area contributed by atoms with Crippen molar-refractivity contribution in [1.29, 1.82) is 0 Å². The Kier molecular flexibility index (Phi) is 9.17. The van der Waals surface area contributed by atoms with Crippen molar-refractivity contribution in [2.24, 2.45) is 0 Å². The molecule has 1 amide bonds. The Hall–Kier alpha value is -1.37. The fraction of sp³-hybridized carbons (Fsp3) is 0.562. The van der Waals surface area contributed by atoms with Gasteiger partial charge in [0.1, 0.15) is 0 Å². The third-order valence-corrected chi connectivity index (χ3v) is 8.50. The second kappa shape index (κ2) is 10.6. The molecular weight excluding hydrogens is 361 g/mol. The van der Waals surface area contributed by atoms with Crippen molar-refractivity contribution in [3.63, 3.8) is 0 Å². The van der Waals surface area contributed by atoms with Crippen LogP contribution in [0, 0.1) is 10.1 Å². The Morgan fingerprint density at radius 3 is 2.32 bits per heavy atom. The lowest BCUT2D eigenvalue weighted by Crippen LogP contribution is -2.33. The molecule has 0 aliphatic carbocycles. The minimum absolute atomic E-state index is 0.0776. The van der Waals surface area contributed by atoms with Crippen LogP contribution in [-0.2, 0) is 4.57 Å². The second-order valence-electron chi connectivity index (χ2n) is 5.49. The molecule has 1 aromatic rings. The normalized spacial score (nSPS) is 13.2. The first-order valence-electron chi connectivity index (χ1n) is 8.46. The zero-order chi connectivity index (χ0) is 18.9. The number of carbonyl (C=O) groups excluding carboxylic acids is 1. The Balaban J connectivity index is 3.13. The molecule has 1 N–H and O–H groups in total. The molecule has 0 radical (unpaired) electrons. The van der Waals surface area contributed by atoms with E-state index >= 15 is 0 Å². The molecule has 0 aliphatic rings. The van der Waals surface area contributed by atoms with E-state index in [0.717, 1.165) is 12.8 Å². The van der Waals surface area contributed by atoms with Gasteiger partial charge in [-0.3, -0.25) is 24.1 Å². The number of nitrogens with one attached hydrogen (secondary N) is 1. The van der Waals surface area contributed by atoms with Crippen molar-refractivity contribution in [3.05, 3.63) is 39.9 Å². The van der Waals surface area contributed by atoms with Crippen molar-refractivity contribution in [1.82, 2.24) is 9.76 Å².